The van der Waals surface area contributed by atoms with Gasteiger partial charge in [0.15, 0.2) is 0 Å². The van der Waals surface area contributed by atoms with Crippen molar-refractivity contribution in [1.29, 1.82) is 0 Å². The number of nitrogens with zero attached hydrogens (tertiary/aromatic N) is 1. The third-order valence-corrected chi connectivity index (χ3v) is 4.91. The summed E-state index contributed by atoms with van der Waals surface area (Å²) in [4.78, 5) is 14.6. The average Bonchev–Trinajstić information content (AvgIpc) is 2.92. The van der Waals surface area contributed by atoms with Crippen LogP contribution in [0.25, 0.3) is 0 Å². The van der Waals surface area contributed by atoms with Crippen molar-refractivity contribution in [2.24, 2.45) is 17.1 Å². The summed E-state index contributed by atoms with van der Waals surface area (Å²) in [5, 5.41) is 0. The number of benzene rings is 1. The van der Waals surface area contributed by atoms with Gasteiger partial charge in [-0.25, -0.2) is 0 Å². The van der Waals surface area contributed by atoms with Gasteiger partial charge in [0.25, 0.3) is 0 Å². The molecule has 1 saturated heterocycles. The molecule has 2 N–H and O–H groups in total. The molecule has 1 amide bonds. The van der Waals surface area contributed by atoms with Crippen LogP contribution in [0.15, 0.2) is 30.3 Å². The number of amides is 1. The first-order chi connectivity index (χ1) is 9.96. The van der Waals surface area contributed by atoms with E-state index in [1.165, 1.54) is 5.56 Å². The van der Waals surface area contributed by atoms with Crippen molar-refractivity contribution in [2.45, 2.75) is 39.5 Å². The van der Waals surface area contributed by atoms with Gasteiger partial charge in [-0.15, -0.1) is 0 Å². The van der Waals surface area contributed by atoms with Crippen LogP contribution in [0.4, 0.5) is 0 Å². The molecule has 2 rings (SSSR count). The van der Waals surface area contributed by atoms with Gasteiger partial charge in [0.1, 0.15) is 0 Å². The summed E-state index contributed by atoms with van der Waals surface area (Å²) in [7, 11) is 0. The lowest BCUT2D eigenvalue weighted by Crippen LogP contribution is -2.33. The number of carbonyl (C=O) groups excluding carboxylic acids is 1. The molecule has 21 heavy (non-hydrogen) atoms. The molecule has 1 fully saturated rings. The van der Waals surface area contributed by atoms with E-state index in [9.17, 15) is 4.79 Å². The zero-order valence-electron chi connectivity index (χ0n) is 13.5. The van der Waals surface area contributed by atoms with Crippen molar-refractivity contribution in [3.8, 4) is 0 Å². The van der Waals surface area contributed by atoms with Gasteiger partial charge in [0.2, 0.25) is 5.91 Å². The van der Waals surface area contributed by atoms with Crippen molar-refractivity contribution < 1.29 is 4.79 Å². The van der Waals surface area contributed by atoms with Gasteiger partial charge in [0, 0.05) is 25.4 Å². The van der Waals surface area contributed by atoms with Crippen molar-refractivity contribution in [2.75, 3.05) is 19.6 Å². The quantitative estimate of drug-likeness (QED) is 0.905. The monoisotopic (exact) mass is 288 g/mol. The van der Waals surface area contributed by atoms with Crippen molar-refractivity contribution in [1.82, 2.24) is 4.90 Å². The molecule has 1 aromatic rings. The second kappa shape index (κ2) is 6.61. The van der Waals surface area contributed by atoms with Crippen LogP contribution in [0.2, 0.25) is 0 Å². The second-order valence-corrected chi connectivity index (χ2v) is 7.01. The SMILES string of the molecule is CCC(C)(C)CC(=O)N1C[C@@H](CN)[C@H](c2ccccc2)C1. The van der Waals surface area contributed by atoms with E-state index in [1.54, 1.807) is 0 Å². The Morgan fingerprint density at radius 2 is 1.95 bits per heavy atom. The molecular weight excluding hydrogens is 260 g/mol. The van der Waals surface area contributed by atoms with Crippen molar-refractivity contribution in [3.63, 3.8) is 0 Å². The third-order valence-electron chi connectivity index (χ3n) is 4.91. The molecule has 0 saturated carbocycles. The minimum Gasteiger partial charge on any atom is -0.342 e. The number of hydrogen-bond donors (Lipinski definition) is 1. The standard InChI is InChI=1S/C18H28N2O/c1-4-18(2,3)10-17(21)20-12-15(11-19)16(13-20)14-8-6-5-7-9-14/h5-9,15-16H,4,10-13,19H2,1-3H3/t15-,16+/m1/s1. The molecule has 3 nitrogen and oxygen atoms in total. The van der Waals surface area contributed by atoms with Gasteiger partial charge >= 0.3 is 0 Å². The Hall–Kier alpha value is -1.35. The smallest absolute Gasteiger partial charge is 0.223 e. The zero-order valence-corrected chi connectivity index (χ0v) is 13.5. The van der Waals surface area contributed by atoms with E-state index in [0.29, 0.717) is 24.8 Å². The van der Waals surface area contributed by atoms with E-state index in [-0.39, 0.29) is 11.3 Å². The maximum atomic E-state index is 12.5. The molecule has 0 spiro atoms. The molecule has 0 radical (unpaired) electrons. The first kappa shape index (κ1) is 16.0. The maximum absolute atomic E-state index is 12.5. The van der Waals surface area contributed by atoms with Gasteiger partial charge in [-0.3, -0.25) is 4.79 Å². The number of likely N-dealkylation sites (tertiary alicyclic amines) is 1. The molecule has 3 heteroatoms. The maximum Gasteiger partial charge on any atom is 0.223 e. The summed E-state index contributed by atoms with van der Waals surface area (Å²) in [5.74, 6) is 1.03. The lowest BCUT2D eigenvalue weighted by Gasteiger charge is -2.25. The van der Waals surface area contributed by atoms with Gasteiger partial charge in [-0.1, -0.05) is 57.5 Å². The fraction of sp³-hybridized carbons (Fsp3) is 0.611. The molecule has 0 aromatic heterocycles. The lowest BCUT2D eigenvalue weighted by molar-refractivity contribution is -0.132. The van der Waals surface area contributed by atoms with Crippen LogP contribution in [-0.2, 0) is 4.79 Å². The molecule has 0 unspecified atom stereocenters. The molecule has 0 bridgehead atoms. The van der Waals surface area contributed by atoms with Crippen LogP contribution in [0.1, 0.15) is 45.1 Å². The molecule has 1 heterocycles. The van der Waals surface area contributed by atoms with E-state index in [1.807, 2.05) is 11.0 Å². The Morgan fingerprint density at radius 1 is 1.29 bits per heavy atom. The normalized spacial score (nSPS) is 22.6. The molecule has 1 aromatic carbocycles. The predicted molar refractivity (Wildman–Crippen MR) is 87.0 cm³/mol. The second-order valence-electron chi connectivity index (χ2n) is 7.01. The third kappa shape index (κ3) is 3.85. The molecule has 2 atom stereocenters. The van der Waals surface area contributed by atoms with E-state index in [0.717, 1.165) is 19.5 Å². The first-order valence-electron chi connectivity index (χ1n) is 7.99. The van der Waals surface area contributed by atoms with Crippen LogP contribution in [0.5, 0.6) is 0 Å². The van der Waals surface area contributed by atoms with Crippen LogP contribution < -0.4 is 5.73 Å². The molecular formula is C18H28N2O. The number of nitrogens with two attached hydrogens (primary N) is 1. The van der Waals surface area contributed by atoms with Crippen LogP contribution in [0.3, 0.4) is 0 Å². The average molecular weight is 288 g/mol. The van der Waals surface area contributed by atoms with E-state index in [4.69, 9.17) is 5.73 Å². The Labute approximate surface area is 128 Å². The van der Waals surface area contributed by atoms with Crippen LogP contribution in [0, 0.1) is 11.3 Å². The summed E-state index contributed by atoms with van der Waals surface area (Å²) < 4.78 is 0. The summed E-state index contributed by atoms with van der Waals surface area (Å²) >= 11 is 0. The van der Waals surface area contributed by atoms with E-state index >= 15 is 0 Å². The number of rotatable bonds is 5. The van der Waals surface area contributed by atoms with Gasteiger partial charge in [0.05, 0.1) is 0 Å². The summed E-state index contributed by atoms with van der Waals surface area (Å²) in [6.45, 7) is 8.72. The minimum atomic E-state index is 0.0835. The number of carbonyl (C=O) groups is 1. The van der Waals surface area contributed by atoms with Crippen molar-refractivity contribution in [3.05, 3.63) is 35.9 Å². The highest BCUT2D eigenvalue weighted by Gasteiger charge is 2.36. The minimum absolute atomic E-state index is 0.0835. The summed E-state index contributed by atoms with van der Waals surface area (Å²) in [6, 6.07) is 10.5. The molecule has 1 aliphatic rings. The van der Waals surface area contributed by atoms with Gasteiger partial charge < -0.3 is 10.6 Å². The topological polar surface area (TPSA) is 46.3 Å². The Bertz CT molecular complexity index is 469. The Balaban J connectivity index is 2.07. The largest absolute Gasteiger partial charge is 0.342 e. The lowest BCUT2D eigenvalue weighted by atomic mass is 9.86. The predicted octanol–water partition coefficient (Wildman–Crippen LogP) is 3.01. The highest BCUT2D eigenvalue weighted by atomic mass is 16.2. The first-order valence-corrected chi connectivity index (χ1v) is 7.99. The molecule has 0 aliphatic carbocycles. The van der Waals surface area contributed by atoms with Gasteiger partial charge in [-0.05, 0) is 23.4 Å². The van der Waals surface area contributed by atoms with Crippen molar-refractivity contribution >= 4 is 5.91 Å². The fourth-order valence-corrected chi connectivity index (χ4v) is 3.04. The Kier molecular flexibility index (Phi) is 5.04. The highest BCUT2D eigenvalue weighted by Crippen LogP contribution is 2.34. The van der Waals surface area contributed by atoms with E-state index < -0.39 is 0 Å². The summed E-state index contributed by atoms with van der Waals surface area (Å²) in [5.41, 5.74) is 7.33. The highest BCUT2D eigenvalue weighted by molar-refractivity contribution is 5.77. The molecule has 1 aliphatic heterocycles. The molecule has 116 valence electrons. The summed E-state index contributed by atoms with van der Waals surface area (Å²) in [6.07, 6.45) is 1.65. The zero-order chi connectivity index (χ0) is 15.5. The van der Waals surface area contributed by atoms with E-state index in [2.05, 4.69) is 45.0 Å². The Morgan fingerprint density at radius 3 is 2.52 bits per heavy atom. The van der Waals surface area contributed by atoms with Crippen LogP contribution in [-0.4, -0.2) is 30.4 Å². The van der Waals surface area contributed by atoms with Crippen LogP contribution >= 0.6 is 0 Å². The number of hydrogen-bond acceptors (Lipinski definition) is 2. The fourth-order valence-electron chi connectivity index (χ4n) is 3.04. The van der Waals surface area contributed by atoms with Gasteiger partial charge in [-0.2, -0.15) is 0 Å².